The van der Waals surface area contributed by atoms with Gasteiger partial charge in [-0.25, -0.2) is 4.79 Å². The highest BCUT2D eigenvalue weighted by Gasteiger charge is 2.21. The van der Waals surface area contributed by atoms with E-state index >= 15 is 0 Å². The molecule has 2 heterocycles. The Bertz CT molecular complexity index is 1170. The lowest BCUT2D eigenvalue weighted by atomic mass is 10.2. The molecular weight excluding hydrogens is 422 g/mol. The summed E-state index contributed by atoms with van der Waals surface area (Å²) >= 11 is 6.76. The first-order valence-corrected chi connectivity index (χ1v) is 9.56. The fraction of sp³-hybridized carbons (Fsp3) is 0.235. The fourth-order valence-electron chi connectivity index (χ4n) is 2.35. The van der Waals surface area contributed by atoms with Crippen molar-refractivity contribution < 1.29 is 13.9 Å². The van der Waals surface area contributed by atoms with Crippen LogP contribution in [0.25, 0.3) is 0 Å². The zero-order valence-corrected chi connectivity index (χ0v) is 17.0. The second-order valence-corrected chi connectivity index (χ2v) is 7.25. The molecule has 0 aliphatic heterocycles. The molecule has 0 saturated carbocycles. The van der Waals surface area contributed by atoms with E-state index in [-0.39, 0.29) is 34.9 Å². The van der Waals surface area contributed by atoms with Gasteiger partial charge in [-0.05, 0) is 24.3 Å². The molecule has 0 spiro atoms. The average molecular weight is 438 g/mol. The highest BCUT2D eigenvalue weighted by molar-refractivity contribution is 7.99. The number of ether oxygens (including phenoxy) is 1. The molecule has 0 bridgehead atoms. The van der Waals surface area contributed by atoms with Gasteiger partial charge >= 0.3 is 5.69 Å². The third-order valence-electron chi connectivity index (χ3n) is 3.94. The van der Waals surface area contributed by atoms with Crippen molar-refractivity contribution in [3.8, 4) is 5.75 Å². The van der Waals surface area contributed by atoms with E-state index in [2.05, 4.69) is 10.2 Å². The molecule has 29 heavy (non-hydrogen) atoms. The largest absolute Gasteiger partial charge is 0.484 e. The zero-order chi connectivity index (χ0) is 21.1. The number of nitrogens with two attached hydrogens (primary N) is 1. The van der Waals surface area contributed by atoms with Crippen LogP contribution < -0.4 is 21.7 Å². The molecule has 10 nitrogen and oxygen atoms in total. The van der Waals surface area contributed by atoms with E-state index in [1.165, 1.54) is 14.1 Å². The Labute approximate surface area is 173 Å². The molecule has 12 heteroatoms. The van der Waals surface area contributed by atoms with Gasteiger partial charge in [0.1, 0.15) is 17.1 Å². The number of rotatable bonds is 7. The highest BCUT2D eigenvalue weighted by atomic mass is 35.5. The van der Waals surface area contributed by atoms with Crippen LogP contribution in [0.1, 0.15) is 16.2 Å². The summed E-state index contributed by atoms with van der Waals surface area (Å²) in [4.78, 5) is 36.5. The Hall–Kier alpha value is -3.05. The third-order valence-corrected chi connectivity index (χ3v) is 5.01. The van der Waals surface area contributed by atoms with E-state index < -0.39 is 17.0 Å². The van der Waals surface area contributed by atoms with Gasteiger partial charge in [-0.1, -0.05) is 23.4 Å². The number of aromatic nitrogens is 4. The predicted octanol–water partition coefficient (Wildman–Crippen LogP) is 1.26. The van der Waals surface area contributed by atoms with Gasteiger partial charge in [0, 0.05) is 19.1 Å². The van der Waals surface area contributed by atoms with E-state index in [4.69, 9.17) is 26.5 Å². The fourth-order valence-corrected chi connectivity index (χ4v) is 3.13. The van der Waals surface area contributed by atoms with Crippen molar-refractivity contribution in [2.75, 3.05) is 11.5 Å². The summed E-state index contributed by atoms with van der Waals surface area (Å²) in [6, 6.07) is 6.77. The molecule has 0 saturated heterocycles. The average Bonchev–Trinajstić information content (AvgIpc) is 3.17. The molecule has 0 aliphatic carbocycles. The maximum Gasteiger partial charge on any atom is 0.332 e. The summed E-state index contributed by atoms with van der Waals surface area (Å²) in [7, 11) is 2.66. The van der Waals surface area contributed by atoms with Gasteiger partial charge in [0.15, 0.2) is 12.4 Å². The summed E-state index contributed by atoms with van der Waals surface area (Å²) in [6.45, 7) is 0.0391. The zero-order valence-electron chi connectivity index (χ0n) is 15.4. The van der Waals surface area contributed by atoms with E-state index in [9.17, 15) is 14.4 Å². The van der Waals surface area contributed by atoms with Gasteiger partial charge in [-0.3, -0.25) is 18.7 Å². The van der Waals surface area contributed by atoms with Crippen LogP contribution in [0.4, 0.5) is 5.82 Å². The number of carbonyl (C=O) groups excluding carboxylic acids is 1. The Morgan fingerprint density at radius 3 is 2.59 bits per heavy atom. The number of anilines is 1. The summed E-state index contributed by atoms with van der Waals surface area (Å²) in [5, 5.41) is 8.39. The van der Waals surface area contributed by atoms with Crippen LogP contribution in [0, 0.1) is 0 Å². The van der Waals surface area contributed by atoms with Crippen molar-refractivity contribution in [1.29, 1.82) is 0 Å². The van der Waals surface area contributed by atoms with Gasteiger partial charge in [0.05, 0.1) is 5.75 Å². The first-order valence-electron chi connectivity index (χ1n) is 8.20. The lowest BCUT2D eigenvalue weighted by molar-refractivity contribution is 0.102. The maximum atomic E-state index is 12.5. The minimum atomic E-state index is -0.751. The maximum absolute atomic E-state index is 12.5. The van der Waals surface area contributed by atoms with Crippen LogP contribution in [0.2, 0.25) is 5.02 Å². The number of hydrogen-bond donors (Lipinski definition) is 1. The minimum absolute atomic E-state index is 0.0391. The molecule has 3 aromatic rings. The van der Waals surface area contributed by atoms with E-state index in [1.54, 1.807) is 24.3 Å². The van der Waals surface area contributed by atoms with Crippen molar-refractivity contribution >= 4 is 35.0 Å². The lowest BCUT2D eigenvalue weighted by Crippen LogP contribution is -2.41. The van der Waals surface area contributed by atoms with Gasteiger partial charge in [-0.2, -0.15) is 0 Å². The number of nitrogens with zero attached hydrogens (tertiary/aromatic N) is 4. The van der Waals surface area contributed by atoms with Crippen molar-refractivity contribution in [3.63, 3.8) is 0 Å². The Balaban J connectivity index is 1.64. The van der Waals surface area contributed by atoms with Crippen LogP contribution in [-0.2, 0) is 20.7 Å². The van der Waals surface area contributed by atoms with E-state index in [0.717, 1.165) is 20.9 Å². The van der Waals surface area contributed by atoms with Crippen LogP contribution in [0.5, 0.6) is 5.75 Å². The van der Waals surface area contributed by atoms with Gasteiger partial charge in [0.2, 0.25) is 0 Å². The smallest absolute Gasteiger partial charge is 0.332 e. The molecule has 152 valence electrons. The molecule has 0 unspecified atom stereocenters. The van der Waals surface area contributed by atoms with Crippen LogP contribution in [0.3, 0.4) is 0 Å². The number of nitrogen functional groups attached to an aromatic ring is 1. The van der Waals surface area contributed by atoms with Crippen molar-refractivity contribution in [1.82, 2.24) is 19.3 Å². The Morgan fingerprint density at radius 2 is 1.90 bits per heavy atom. The number of benzene rings is 1. The molecule has 0 fully saturated rings. The molecule has 0 atom stereocenters. The minimum Gasteiger partial charge on any atom is -0.484 e. The van der Waals surface area contributed by atoms with Crippen molar-refractivity contribution in [2.45, 2.75) is 11.8 Å². The number of thioether (sulfide) groups is 1. The molecule has 0 radical (unpaired) electrons. The van der Waals surface area contributed by atoms with Crippen molar-refractivity contribution in [3.05, 3.63) is 61.6 Å². The number of hydrogen-bond acceptors (Lipinski definition) is 9. The van der Waals surface area contributed by atoms with Gasteiger partial charge in [0.25, 0.3) is 16.7 Å². The normalized spacial score (nSPS) is 10.9. The Kier molecular flexibility index (Phi) is 6.09. The molecule has 0 amide bonds. The second-order valence-electron chi connectivity index (χ2n) is 5.88. The van der Waals surface area contributed by atoms with E-state index in [0.29, 0.717) is 10.8 Å². The number of ketones is 1. The SMILES string of the molecule is Cn1c(N)c(C(=O)CSc2nnc(COc3ccc(Cl)cc3)o2)c(=O)n(C)c1=O. The van der Waals surface area contributed by atoms with Crippen molar-refractivity contribution in [2.24, 2.45) is 14.1 Å². The molecule has 3 rings (SSSR count). The third kappa shape index (κ3) is 4.51. The monoisotopic (exact) mass is 437 g/mol. The predicted molar refractivity (Wildman–Crippen MR) is 106 cm³/mol. The standard InChI is InChI=1S/C17H16ClN5O5S/c1-22-14(19)13(15(25)23(2)17(22)26)11(24)8-29-16-21-20-12(28-16)7-27-10-5-3-9(18)4-6-10/h3-6H,7-8,19H2,1-2H3. The summed E-state index contributed by atoms with van der Waals surface area (Å²) in [5.74, 6) is -0.116. The lowest BCUT2D eigenvalue weighted by Gasteiger charge is -2.10. The molecule has 2 aromatic heterocycles. The van der Waals surface area contributed by atoms with Crippen LogP contribution in [0.15, 0.2) is 43.5 Å². The topological polar surface area (TPSA) is 135 Å². The van der Waals surface area contributed by atoms with E-state index in [1.807, 2.05) is 0 Å². The summed E-state index contributed by atoms with van der Waals surface area (Å²) < 4.78 is 12.8. The molecule has 1 aromatic carbocycles. The first kappa shape index (κ1) is 20.7. The molecular formula is C17H16ClN5O5S. The summed E-state index contributed by atoms with van der Waals surface area (Å²) in [5.41, 5.74) is 4.15. The number of halogens is 1. The van der Waals surface area contributed by atoms with Crippen LogP contribution in [-0.4, -0.2) is 30.9 Å². The number of Topliss-reactive ketones (excluding diaryl/α,β-unsaturated/α-hetero) is 1. The highest BCUT2D eigenvalue weighted by Crippen LogP contribution is 2.20. The second kappa shape index (κ2) is 8.53. The first-order chi connectivity index (χ1) is 13.8. The van der Waals surface area contributed by atoms with Gasteiger partial charge in [-0.15, -0.1) is 10.2 Å². The molecule has 2 N–H and O–H groups in total. The van der Waals surface area contributed by atoms with Crippen LogP contribution >= 0.6 is 23.4 Å². The Morgan fingerprint density at radius 1 is 1.21 bits per heavy atom. The van der Waals surface area contributed by atoms with Gasteiger partial charge < -0.3 is 14.9 Å². The summed E-state index contributed by atoms with van der Waals surface area (Å²) in [6.07, 6.45) is 0. The molecule has 0 aliphatic rings. The number of carbonyl (C=O) groups is 1. The quantitative estimate of drug-likeness (QED) is 0.427.